The van der Waals surface area contributed by atoms with Gasteiger partial charge < -0.3 is 10.1 Å². The number of thiophene rings is 1. The number of ether oxygens (including phenoxy) is 1. The first kappa shape index (κ1) is 24.2. The van der Waals surface area contributed by atoms with Crippen molar-refractivity contribution in [2.24, 2.45) is 0 Å². The molecule has 1 aliphatic heterocycles. The zero-order valence-corrected chi connectivity index (χ0v) is 21.2. The molecule has 182 valence electrons. The molecule has 0 aliphatic carbocycles. The topological polar surface area (TPSA) is 68.1 Å². The molecule has 3 aromatic heterocycles. The normalized spacial score (nSPS) is 13.8. The fourth-order valence-corrected chi connectivity index (χ4v) is 5.12. The van der Waals surface area contributed by atoms with Crippen molar-refractivity contribution in [3.05, 3.63) is 77.6 Å². The van der Waals surface area contributed by atoms with Crippen molar-refractivity contribution < 1.29 is 4.74 Å². The van der Waals surface area contributed by atoms with E-state index in [1.54, 1.807) is 17.7 Å². The van der Waals surface area contributed by atoms with Gasteiger partial charge in [-0.25, -0.2) is 9.97 Å². The summed E-state index contributed by atoms with van der Waals surface area (Å²) in [4.78, 5) is 12.3. The van der Waals surface area contributed by atoms with Gasteiger partial charge in [-0.2, -0.15) is 5.10 Å². The van der Waals surface area contributed by atoms with Crippen molar-refractivity contribution in [2.45, 2.75) is 6.54 Å². The van der Waals surface area contributed by atoms with Gasteiger partial charge in [0.2, 0.25) is 0 Å². The van der Waals surface area contributed by atoms with Crippen molar-refractivity contribution in [1.29, 1.82) is 0 Å². The fourth-order valence-electron chi connectivity index (χ4n) is 4.19. The number of rotatable bonds is 5. The molecule has 1 aliphatic rings. The number of nitrogens with one attached hydrogen (secondary N) is 1. The van der Waals surface area contributed by atoms with Crippen LogP contribution in [0.15, 0.2) is 67.1 Å². The molecular formula is C27H25ClN6OS. The van der Waals surface area contributed by atoms with Gasteiger partial charge in [0.05, 0.1) is 53.1 Å². The van der Waals surface area contributed by atoms with Crippen molar-refractivity contribution in [3.8, 4) is 11.8 Å². The quantitative estimate of drug-likeness (QED) is 0.334. The summed E-state index contributed by atoms with van der Waals surface area (Å²) in [5.41, 5.74) is 4.19. The first-order valence-corrected chi connectivity index (χ1v) is 12.4. The minimum absolute atomic E-state index is 0. The van der Waals surface area contributed by atoms with Crippen LogP contribution in [0.25, 0.3) is 21.1 Å². The van der Waals surface area contributed by atoms with E-state index >= 15 is 0 Å². The Bertz CT molecular complexity index is 1530. The minimum Gasteiger partial charge on any atom is -0.379 e. The van der Waals surface area contributed by atoms with Crippen LogP contribution in [0.2, 0.25) is 0 Å². The number of hydrogen-bond donors (Lipinski definition) is 1. The van der Waals surface area contributed by atoms with E-state index in [1.165, 1.54) is 5.56 Å². The Labute approximate surface area is 219 Å². The summed E-state index contributed by atoms with van der Waals surface area (Å²) in [5.74, 6) is 7.38. The molecule has 7 nitrogen and oxygen atoms in total. The van der Waals surface area contributed by atoms with Crippen LogP contribution in [-0.4, -0.2) is 57.5 Å². The van der Waals surface area contributed by atoms with Crippen LogP contribution in [0.1, 0.15) is 10.4 Å². The van der Waals surface area contributed by atoms with Gasteiger partial charge >= 0.3 is 0 Å². The van der Waals surface area contributed by atoms with Crippen molar-refractivity contribution >= 4 is 56.4 Å². The van der Waals surface area contributed by atoms with Crippen molar-refractivity contribution in [3.63, 3.8) is 0 Å². The van der Waals surface area contributed by atoms with Crippen LogP contribution >= 0.6 is 23.7 Å². The summed E-state index contributed by atoms with van der Waals surface area (Å²) >= 11 is 1.62. The summed E-state index contributed by atoms with van der Waals surface area (Å²) in [6.45, 7) is 4.95. The monoisotopic (exact) mass is 516 g/mol. The maximum atomic E-state index is 5.40. The van der Waals surface area contributed by atoms with Crippen molar-refractivity contribution in [2.75, 3.05) is 38.2 Å². The lowest BCUT2D eigenvalue weighted by Crippen LogP contribution is -2.36. The Morgan fingerprint density at radius 2 is 1.89 bits per heavy atom. The molecule has 0 radical (unpaired) electrons. The highest BCUT2D eigenvalue weighted by Gasteiger charge is 2.11. The van der Waals surface area contributed by atoms with Gasteiger partial charge in [0.25, 0.3) is 0 Å². The Morgan fingerprint density at radius 1 is 1.03 bits per heavy atom. The van der Waals surface area contributed by atoms with Crippen LogP contribution in [0.3, 0.4) is 0 Å². The SMILES string of the molecule is C(#Cc1cc2ncnc(Nc3ccc4c(cnn4Cc4ccccc4)c3)c2s1)CN1CCOCC1.Cl. The summed E-state index contributed by atoms with van der Waals surface area (Å²) < 4.78 is 8.43. The van der Waals surface area contributed by atoms with E-state index in [9.17, 15) is 0 Å². The van der Waals surface area contributed by atoms with Crippen LogP contribution in [0.4, 0.5) is 11.5 Å². The molecule has 36 heavy (non-hydrogen) atoms. The average Bonchev–Trinajstić information content (AvgIpc) is 3.50. The third-order valence-corrected chi connectivity index (χ3v) is 7.06. The third-order valence-electron chi connectivity index (χ3n) is 6.01. The predicted molar refractivity (Wildman–Crippen MR) is 147 cm³/mol. The second-order valence-corrected chi connectivity index (χ2v) is 9.48. The number of nitrogens with zero attached hydrogens (tertiary/aromatic N) is 5. The highest BCUT2D eigenvalue weighted by atomic mass is 35.5. The summed E-state index contributed by atoms with van der Waals surface area (Å²) in [7, 11) is 0. The highest BCUT2D eigenvalue weighted by molar-refractivity contribution is 7.20. The van der Waals surface area contributed by atoms with Crippen molar-refractivity contribution in [1.82, 2.24) is 24.6 Å². The number of benzene rings is 2. The second kappa shape index (κ2) is 11.1. The molecule has 1 N–H and O–H groups in total. The predicted octanol–water partition coefficient (Wildman–Crippen LogP) is 4.94. The van der Waals surface area contributed by atoms with Gasteiger partial charge in [-0.1, -0.05) is 42.2 Å². The number of aromatic nitrogens is 4. The van der Waals surface area contributed by atoms with Crippen LogP contribution in [-0.2, 0) is 11.3 Å². The Kier molecular flexibility index (Phi) is 7.44. The van der Waals surface area contributed by atoms with E-state index in [0.717, 1.165) is 76.9 Å². The van der Waals surface area contributed by atoms with Gasteiger partial charge in [0.1, 0.15) is 6.33 Å². The molecule has 1 fully saturated rings. The molecule has 5 aromatic rings. The average molecular weight is 517 g/mol. The standard InChI is InChI=1S/C27H24N6OS.ClH/c1-2-5-20(6-3-1)18-33-25-9-8-22(15-21(25)17-30-33)31-27-26-24(28-19-29-27)16-23(35-26)7-4-10-32-11-13-34-14-12-32;/h1-3,5-6,8-9,15-17,19H,10-14,18H2,(H,28,29,31);1H. The molecule has 9 heteroatoms. The van der Waals surface area contributed by atoms with Crippen LogP contribution < -0.4 is 5.32 Å². The van der Waals surface area contributed by atoms with E-state index in [-0.39, 0.29) is 12.4 Å². The van der Waals surface area contributed by atoms with Crippen LogP contribution in [0.5, 0.6) is 0 Å². The van der Waals surface area contributed by atoms with E-state index in [1.807, 2.05) is 23.0 Å². The van der Waals surface area contributed by atoms with Gasteiger partial charge in [0.15, 0.2) is 5.82 Å². The molecule has 0 amide bonds. The fraction of sp³-hybridized carbons (Fsp3) is 0.222. The summed E-state index contributed by atoms with van der Waals surface area (Å²) in [5, 5.41) is 9.15. The summed E-state index contributed by atoms with van der Waals surface area (Å²) in [6.07, 6.45) is 3.51. The van der Waals surface area contributed by atoms with Gasteiger partial charge in [0, 0.05) is 24.2 Å². The lowest BCUT2D eigenvalue weighted by atomic mass is 10.2. The maximum Gasteiger partial charge on any atom is 0.151 e. The Balaban J connectivity index is 0.00000267. The third kappa shape index (κ3) is 5.35. The molecule has 0 atom stereocenters. The molecule has 0 spiro atoms. The molecule has 1 saturated heterocycles. The second-order valence-electron chi connectivity index (χ2n) is 8.42. The minimum atomic E-state index is 0. The molecule has 4 heterocycles. The van der Waals surface area contributed by atoms with Gasteiger partial charge in [-0.05, 0) is 29.8 Å². The van der Waals surface area contributed by atoms with Crippen LogP contribution in [0, 0.1) is 11.8 Å². The Hall–Kier alpha value is -3.48. The van der Waals surface area contributed by atoms with E-state index in [2.05, 4.69) is 79.6 Å². The number of fused-ring (bicyclic) bond motifs is 2. The lowest BCUT2D eigenvalue weighted by Gasteiger charge is -2.24. The van der Waals surface area contributed by atoms with E-state index < -0.39 is 0 Å². The van der Waals surface area contributed by atoms with E-state index in [4.69, 9.17) is 4.74 Å². The number of morpholine rings is 1. The maximum absolute atomic E-state index is 5.40. The molecule has 0 bridgehead atoms. The first-order chi connectivity index (χ1) is 17.3. The largest absolute Gasteiger partial charge is 0.379 e. The van der Waals surface area contributed by atoms with E-state index in [0.29, 0.717) is 0 Å². The lowest BCUT2D eigenvalue weighted by molar-refractivity contribution is 0.0443. The number of halogens is 1. The summed E-state index contributed by atoms with van der Waals surface area (Å²) in [6, 6.07) is 18.7. The van der Waals surface area contributed by atoms with Gasteiger partial charge in [-0.15, -0.1) is 23.7 Å². The zero-order valence-electron chi connectivity index (χ0n) is 19.6. The molecule has 0 unspecified atom stereocenters. The first-order valence-electron chi connectivity index (χ1n) is 11.6. The van der Waals surface area contributed by atoms with Gasteiger partial charge in [-0.3, -0.25) is 9.58 Å². The molecule has 2 aromatic carbocycles. The molecule has 0 saturated carbocycles. The smallest absolute Gasteiger partial charge is 0.151 e. The molecular weight excluding hydrogens is 492 g/mol. The Morgan fingerprint density at radius 3 is 2.75 bits per heavy atom. The molecule has 6 rings (SSSR count). The number of hydrogen-bond acceptors (Lipinski definition) is 7. The zero-order chi connectivity index (χ0) is 23.5. The number of anilines is 2. The highest BCUT2D eigenvalue weighted by Crippen LogP contribution is 2.31.